The number of fused-ring (bicyclic) bond motifs is 1. The highest BCUT2D eigenvalue weighted by molar-refractivity contribution is 5.96. The lowest BCUT2D eigenvalue weighted by Gasteiger charge is -2.11. The molecule has 1 heterocycles. The lowest BCUT2D eigenvalue weighted by Crippen LogP contribution is -2.35. The lowest BCUT2D eigenvalue weighted by atomic mass is 10.1. The second kappa shape index (κ2) is 5.55. The van der Waals surface area contributed by atoms with Gasteiger partial charge in [0.05, 0.1) is 12.1 Å². The number of aryl methyl sites for hydroxylation is 2. The molecule has 0 unspecified atom stereocenters. The molecule has 110 valence electrons. The molecule has 0 atom stereocenters. The van der Waals surface area contributed by atoms with Crippen molar-refractivity contribution in [2.24, 2.45) is 0 Å². The number of cyclic esters (lactones) is 1. The van der Waals surface area contributed by atoms with Crippen molar-refractivity contribution in [3.63, 3.8) is 0 Å². The van der Waals surface area contributed by atoms with Crippen LogP contribution in [0.25, 0.3) is 0 Å². The fourth-order valence-corrected chi connectivity index (χ4v) is 2.61. The molecule has 1 aromatic rings. The third-order valence-electron chi connectivity index (χ3n) is 3.72. The summed E-state index contributed by atoms with van der Waals surface area (Å²) in [5.74, 6) is -1.11. The van der Waals surface area contributed by atoms with Gasteiger partial charge in [0, 0.05) is 0 Å². The summed E-state index contributed by atoms with van der Waals surface area (Å²) < 4.78 is 9.63. The highest BCUT2D eigenvalue weighted by Crippen LogP contribution is 2.23. The number of esters is 1. The van der Waals surface area contributed by atoms with Crippen molar-refractivity contribution in [1.82, 2.24) is 4.90 Å². The minimum atomic E-state index is -0.687. The predicted molar refractivity (Wildman–Crippen MR) is 71.8 cm³/mol. The van der Waals surface area contributed by atoms with E-state index < -0.39 is 24.6 Å². The van der Waals surface area contributed by atoms with Gasteiger partial charge in [0.2, 0.25) is 0 Å². The van der Waals surface area contributed by atoms with E-state index in [0.29, 0.717) is 5.56 Å². The van der Waals surface area contributed by atoms with Crippen LogP contribution in [-0.2, 0) is 27.1 Å². The molecule has 2 amide bonds. The average Bonchev–Trinajstić information content (AvgIpc) is 3.11. The van der Waals surface area contributed by atoms with Crippen LogP contribution in [0.15, 0.2) is 18.2 Å². The van der Waals surface area contributed by atoms with E-state index in [1.807, 2.05) is 12.1 Å². The first-order chi connectivity index (χ1) is 10.1. The van der Waals surface area contributed by atoms with Crippen molar-refractivity contribution >= 4 is 18.0 Å². The van der Waals surface area contributed by atoms with Gasteiger partial charge in [-0.1, -0.05) is 6.07 Å². The monoisotopic (exact) mass is 289 g/mol. The largest absolute Gasteiger partial charge is 0.452 e. The molecule has 0 spiro atoms. The maximum Gasteiger partial charge on any atom is 0.416 e. The Morgan fingerprint density at radius 2 is 2.05 bits per heavy atom. The van der Waals surface area contributed by atoms with E-state index >= 15 is 0 Å². The smallest absolute Gasteiger partial charge is 0.416 e. The van der Waals surface area contributed by atoms with E-state index in [2.05, 4.69) is 4.74 Å². The van der Waals surface area contributed by atoms with Crippen LogP contribution >= 0.6 is 0 Å². The molecule has 1 aliphatic heterocycles. The van der Waals surface area contributed by atoms with Crippen LogP contribution in [0.2, 0.25) is 0 Å². The Labute approximate surface area is 121 Å². The Balaban J connectivity index is 1.59. The number of carbonyl (C=O) groups excluding carboxylic acids is 3. The van der Waals surface area contributed by atoms with Gasteiger partial charge in [-0.3, -0.25) is 4.79 Å². The van der Waals surface area contributed by atoms with Gasteiger partial charge in [0.15, 0.2) is 6.61 Å². The minimum Gasteiger partial charge on any atom is -0.452 e. The molecule has 21 heavy (non-hydrogen) atoms. The Kier molecular flexibility index (Phi) is 3.60. The van der Waals surface area contributed by atoms with Gasteiger partial charge in [-0.05, 0) is 42.5 Å². The fourth-order valence-electron chi connectivity index (χ4n) is 2.61. The third-order valence-corrected chi connectivity index (χ3v) is 3.72. The SMILES string of the molecule is O=C(OCC(=O)N1CCOC1=O)c1ccc2c(c1)CCC2. The summed E-state index contributed by atoms with van der Waals surface area (Å²) in [6.45, 7) is -0.0670. The molecule has 1 fully saturated rings. The second-order valence-corrected chi connectivity index (χ2v) is 5.07. The number of hydrogen-bond acceptors (Lipinski definition) is 5. The van der Waals surface area contributed by atoms with Crippen molar-refractivity contribution in [2.75, 3.05) is 19.8 Å². The van der Waals surface area contributed by atoms with Crippen LogP contribution in [0.4, 0.5) is 4.79 Å². The van der Waals surface area contributed by atoms with Gasteiger partial charge in [-0.15, -0.1) is 0 Å². The standard InChI is InChI=1S/C15H15NO5/c17-13(16-6-7-20-15(16)19)9-21-14(18)12-5-4-10-2-1-3-11(10)8-12/h4-5,8H,1-3,6-7,9H2. The molecule has 0 aromatic heterocycles. The molecule has 2 aliphatic rings. The Morgan fingerprint density at radius 1 is 1.24 bits per heavy atom. The van der Waals surface area contributed by atoms with Crippen LogP contribution in [0.1, 0.15) is 27.9 Å². The van der Waals surface area contributed by atoms with Crippen molar-refractivity contribution < 1.29 is 23.9 Å². The fraction of sp³-hybridized carbons (Fsp3) is 0.400. The molecule has 6 nitrogen and oxygen atoms in total. The zero-order valence-electron chi connectivity index (χ0n) is 11.5. The van der Waals surface area contributed by atoms with E-state index in [0.717, 1.165) is 24.2 Å². The van der Waals surface area contributed by atoms with Crippen LogP contribution in [0, 0.1) is 0 Å². The summed E-state index contributed by atoms with van der Waals surface area (Å²) in [4.78, 5) is 35.8. The molecular weight excluding hydrogens is 274 g/mol. The number of amides is 2. The normalized spacial score (nSPS) is 16.6. The molecular formula is C15H15NO5. The first-order valence-electron chi connectivity index (χ1n) is 6.91. The molecule has 1 saturated heterocycles. The molecule has 0 radical (unpaired) electrons. The Hall–Kier alpha value is -2.37. The predicted octanol–water partition coefficient (Wildman–Crippen LogP) is 1.31. The lowest BCUT2D eigenvalue weighted by molar-refractivity contribution is -0.131. The zero-order valence-corrected chi connectivity index (χ0v) is 11.5. The second-order valence-electron chi connectivity index (χ2n) is 5.07. The van der Waals surface area contributed by atoms with E-state index in [1.165, 1.54) is 11.1 Å². The van der Waals surface area contributed by atoms with Crippen molar-refractivity contribution in [3.8, 4) is 0 Å². The number of nitrogens with zero attached hydrogens (tertiary/aromatic N) is 1. The summed E-state index contributed by atoms with van der Waals surface area (Å²) in [5.41, 5.74) is 2.87. The summed E-state index contributed by atoms with van der Waals surface area (Å²) in [6.07, 6.45) is 2.42. The number of rotatable bonds is 3. The molecule has 0 N–H and O–H groups in total. The van der Waals surface area contributed by atoms with E-state index in [1.54, 1.807) is 6.07 Å². The van der Waals surface area contributed by atoms with Gasteiger partial charge >= 0.3 is 12.1 Å². The molecule has 1 aliphatic carbocycles. The molecule has 0 bridgehead atoms. The maximum absolute atomic E-state index is 11.9. The molecule has 1 aromatic carbocycles. The first kappa shape index (κ1) is 13.6. The topological polar surface area (TPSA) is 72.9 Å². The highest BCUT2D eigenvalue weighted by Gasteiger charge is 2.29. The van der Waals surface area contributed by atoms with Crippen molar-refractivity contribution in [1.29, 1.82) is 0 Å². The summed E-state index contributed by atoms with van der Waals surface area (Å²) >= 11 is 0. The third kappa shape index (κ3) is 2.74. The van der Waals surface area contributed by atoms with Crippen LogP contribution < -0.4 is 0 Å². The number of benzene rings is 1. The number of imide groups is 1. The van der Waals surface area contributed by atoms with Gasteiger partial charge < -0.3 is 9.47 Å². The first-order valence-corrected chi connectivity index (χ1v) is 6.91. The molecule has 6 heteroatoms. The number of hydrogen-bond donors (Lipinski definition) is 0. The van der Waals surface area contributed by atoms with Crippen molar-refractivity contribution in [2.45, 2.75) is 19.3 Å². The van der Waals surface area contributed by atoms with E-state index in [4.69, 9.17) is 4.74 Å². The van der Waals surface area contributed by atoms with E-state index in [-0.39, 0.29) is 13.2 Å². The minimum absolute atomic E-state index is 0.184. The van der Waals surface area contributed by atoms with Crippen LogP contribution in [0.3, 0.4) is 0 Å². The average molecular weight is 289 g/mol. The zero-order chi connectivity index (χ0) is 14.8. The van der Waals surface area contributed by atoms with Gasteiger partial charge in [-0.25, -0.2) is 14.5 Å². The summed E-state index contributed by atoms with van der Waals surface area (Å²) in [7, 11) is 0. The van der Waals surface area contributed by atoms with Crippen LogP contribution in [-0.4, -0.2) is 42.6 Å². The molecule has 3 rings (SSSR count). The van der Waals surface area contributed by atoms with E-state index in [9.17, 15) is 14.4 Å². The van der Waals surface area contributed by atoms with Gasteiger partial charge in [0.25, 0.3) is 5.91 Å². The Bertz CT molecular complexity index is 610. The van der Waals surface area contributed by atoms with Crippen molar-refractivity contribution in [3.05, 3.63) is 34.9 Å². The van der Waals surface area contributed by atoms with Crippen LogP contribution in [0.5, 0.6) is 0 Å². The quantitative estimate of drug-likeness (QED) is 0.784. The summed E-state index contributed by atoms with van der Waals surface area (Å²) in [5, 5.41) is 0. The summed E-state index contributed by atoms with van der Waals surface area (Å²) in [6, 6.07) is 5.46. The molecule has 0 saturated carbocycles. The van der Waals surface area contributed by atoms with Gasteiger partial charge in [-0.2, -0.15) is 0 Å². The maximum atomic E-state index is 11.9. The highest BCUT2D eigenvalue weighted by atomic mass is 16.6. The Morgan fingerprint density at radius 3 is 2.81 bits per heavy atom. The van der Waals surface area contributed by atoms with Gasteiger partial charge in [0.1, 0.15) is 6.61 Å². The number of carbonyl (C=O) groups is 3. The number of ether oxygens (including phenoxy) is 2.